The minimum atomic E-state index is -3.50. The molecule has 31 heavy (non-hydrogen) atoms. The van der Waals surface area contributed by atoms with Gasteiger partial charge in [0.15, 0.2) is 5.82 Å². The maximum atomic E-state index is 11.9. The second-order valence-electron chi connectivity index (χ2n) is 7.42. The number of anilines is 1. The lowest BCUT2D eigenvalue weighted by Gasteiger charge is -2.28. The largest absolute Gasteiger partial charge is 0.378 e. The number of aryl methyl sites for hydroxylation is 1. The van der Waals surface area contributed by atoms with Gasteiger partial charge in [-0.1, -0.05) is 29.8 Å². The molecule has 0 unspecified atom stereocenters. The first-order valence-electron chi connectivity index (χ1n) is 10.1. The van der Waals surface area contributed by atoms with Crippen molar-refractivity contribution < 1.29 is 13.2 Å². The Morgan fingerprint density at radius 1 is 1.19 bits per heavy atom. The number of nitrogens with zero attached hydrogens (tertiary/aromatic N) is 6. The summed E-state index contributed by atoms with van der Waals surface area (Å²) in [6.07, 6.45) is 0.339. The number of azo groups is 1. The molecule has 1 N–H and O–H groups in total. The van der Waals surface area contributed by atoms with Crippen LogP contribution in [0.3, 0.4) is 0 Å². The van der Waals surface area contributed by atoms with Crippen molar-refractivity contribution in [1.82, 2.24) is 19.0 Å². The molecule has 1 aromatic heterocycles. The number of aromatic nitrogens is 2. The number of hydrogen-bond donors (Lipinski definition) is 1. The van der Waals surface area contributed by atoms with Gasteiger partial charge in [0.25, 0.3) is 10.2 Å². The molecule has 0 aliphatic carbocycles. The predicted molar refractivity (Wildman–Crippen MR) is 119 cm³/mol. The third-order valence-corrected chi connectivity index (χ3v) is 6.23. The zero-order chi connectivity index (χ0) is 22.3. The molecule has 0 amide bonds. The standard InChI is InChI=1S/C20H29N7O3S/c1-16-5-4-6-17(13-16)15-21-25-19-14-20(27-9-11-30-12-10-27)24-18(23-19)7-8-22-31(28,29)26(2)3/h4-6,13-14,22H,7-12,15H2,1-3H3. The maximum absolute atomic E-state index is 11.9. The van der Waals surface area contributed by atoms with Crippen LogP contribution < -0.4 is 9.62 Å². The Morgan fingerprint density at radius 2 is 1.97 bits per heavy atom. The second-order valence-corrected chi connectivity index (χ2v) is 9.39. The van der Waals surface area contributed by atoms with E-state index in [-0.39, 0.29) is 6.54 Å². The summed E-state index contributed by atoms with van der Waals surface area (Å²) < 4.78 is 32.9. The Morgan fingerprint density at radius 3 is 2.68 bits per heavy atom. The summed E-state index contributed by atoms with van der Waals surface area (Å²) in [5.41, 5.74) is 2.25. The summed E-state index contributed by atoms with van der Waals surface area (Å²) in [4.78, 5) is 11.2. The topological polar surface area (TPSA) is 112 Å². The van der Waals surface area contributed by atoms with Crippen molar-refractivity contribution in [2.24, 2.45) is 10.2 Å². The Hall–Kier alpha value is -2.47. The molecule has 0 bridgehead atoms. The van der Waals surface area contributed by atoms with Gasteiger partial charge in [-0.05, 0) is 12.5 Å². The molecular weight excluding hydrogens is 418 g/mol. The molecule has 0 spiro atoms. The molecule has 2 aromatic rings. The Bertz CT molecular complexity index is 1010. The van der Waals surface area contributed by atoms with Crippen LogP contribution in [0.15, 0.2) is 40.6 Å². The second kappa shape index (κ2) is 10.7. The summed E-state index contributed by atoms with van der Waals surface area (Å²) in [5.74, 6) is 1.71. The van der Waals surface area contributed by atoms with E-state index < -0.39 is 10.2 Å². The summed E-state index contributed by atoms with van der Waals surface area (Å²) in [6.45, 7) is 5.39. The molecule has 1 aliphatic heterocycles. The highest BCUT2D eigenvalue weighted by Gasteiger charge is 2.16. The van der Waals surface area contributed by atoms with Crippen LogP contribution in [0.2, 0.25) is 0 Å². The molecule has 1 aliphatic rings. The van der Waals surface area contributed by atoms with Gasteiger partial charge in [0.2, 0.25) is 0 Å². The van der Waals surface area contributed by atoms with E-state index in [4.69, 9.17) is 4.74 Å². The van der Waals surface area contributed by atoms with Crippen LogP contribution in [0.1, 0.15) is 17.0 Å². The van der Waals surface area contributed by atoms with Crippen molar-refractivity contribution in [3.05, 3.63) is 47.3 Å². The molecular formula is C20H29N7O3S. The number of rotatable bonds is 9. The summed E-state index contributed by atoms with van der Waals surface area (Å²) in [6, 6.07) is 9.91. The van der Waals surface area contributed by atoms with Gasteiger partial charge in [0.1, 0.15) is 11.6 Å². The highest BCUT2D eigenvalue weighted by atomic mass is 32.2. The Kier molecular flexibility index (Phi) is 8.02. The van der Waals surface area contributed by atoms with Crippen LogP contribution in [0.25, 0.3) is 0 Å². The lowest BCUT2D eigenvalue weighted by atomic mass is 10.1. The van der Waals surface area contributed by atoms with Crippen LogP contribution in [0.5, 0.6) is 0 Å². The lowest BCUT2D eigenvalue weighted by Crippen LogP contribution is -2.37. The normalized spacial score (nSPS) is 15.2. The molecule has 0 atom stereocenters. The maximum Gasteiger partial charge on any atom is 0.278 e. The highest BCUT2D eigenvalue weighted by molar-refractivity contribution is 7.87. The third-order valence-electron chi connectivity index (χ3n) is 4.70. The van der Waals surface area contributed by atoms with E-state index in [1.165, 1.54) is 19.7 Å². The number of benzene rings is 1. The average Bonchev–Trinajstić information content (AvgIpc) is 2.74. The lowest BCUT2D eigenvalue weighted by molar-refractivity contribution is 0.122. The van der Waals surface area contributed by atoms with E-state index >= 15 is 0 Å². The van der Waals surface area contributed by atoms with Crippen molar-refractivity contribution in [3.63, 3.8) is 0 Å². The van der Waals surface area contributed by atoms with Gasteiger partial charge < -0.3 is 9.64 Å². The van der Waals surface area contributed by atoms with Gasteiger partial charge in [-0.3, -0.25) is 0 Å². The van der Waals surface area contributed by atoms with Crippen molar-refractivity contribution in [2.45, 2.75) is 19.9 Å². The van der Waals surface area contributed by atoms with Crippen molar-refractivity contribution in [3.8, 4) is 0 Å². The number of hydrogen-bond acceptors (Lipinski definition) is 8. The highest BCUT2D eigenvalue weighted by Crippen LogP contribution is 2.20. The first-order valence-corrected chi connectivity index (χ1v) is 11.6. The molecule has 168 valence electrons. The van der Waals surface area contributed by atoms with Crippen LogP contribution in [-0.2, 0) is 27.9 Å². The summed E-state index contributed by atoms with van der Waals surface area (Å²) in [7, 11) is -0.545. The van der Waals surface area contributed by atoms with Gasteiger partial charge in [-0.15, -0.1) is 5.11 Å². The van der Waals surface area contributed by atoms with Crippen molar-refractivity contribution in [1.29, 1.82) is 0 Å². The SMILES string of the molecule is Cc1cccc(CN=Nc2cc(N3CCOCC3)nc(CCNS(=O)(=O)N(C)C)n2)c1. The zero-order valence-corrected chi connectivity index (χ0v) is 19.0. The van der Waals surface area contributed by atoms with Gasteiger partial charge >= 0.3 is 0 Å². The van der Waals surface area contributed by atoms with E-state index in [0.717, 1.165) is 28.8 Å². The van der Waals surface area contributed by atoms with E-state index in [0.29, 0.717) is 37.8 Å². The van der Waals surface area contributed by atoms with E-state index in [1.807, 2.05) is 25.1 Å². The van der Waals surface area contributed by atoms with Gasteiger partial charge in [-0.25, -0.2) is 14.7 Å². The quantitative estimate of drug-likeness (QED) is 0.587. The molecule has 0 saturated carbocycles. The molecule has 10 nitrogen and oxygen atoms in total. The molecule has 1 saturated heterocycles. The molecule has 1 fully saturated rings. The minimum Gasteiger partial charge on any atom is -0.378 e. The van der Waals surface area contributed by atoms with E-state index in [2.05, 4.69) is 35.9 Å². The van der Waals surface area contributed by atoms with Crippen LogP contribution in [0.4, 0.5) is 11.6 Å². The monoisotopic (exact) mass is 447 g/mol. The number of ether oxygens (including phenoxy) is 1. The fourth-order valence-corrected chi connectivity index (χ4v) is 3.63. The van der Waals surface area contributed by atoms with Gasteiger partial charge in [-0.2, -0.15) is 17.8 Å². The number of nitrogens with one attached hydrogen (secondary N) is 1. The fraction of sp³-hybridized carbons (Fsp3) is 0.500. The minimum absolute atomic E-state index is 0.187. The third kappa shape index (κ3) is 7.03. The van der Waals surface area contributed by atoms with Gasteiger partial charge in [0.05, 0.1) is 19.8 Å². The first-order chi connectivity index (χ1) is 14.8. The molecule has 0 radical (unpaired) electrons. The smallest absolute Gasteiger partial charge is 0.278 e. The predicted octanol–water partition coefficient (Wildman–Crippen LogP) is 1.84. The average molecular weight is 448 g/mol. The van der Waals surface area contributed by atoms with E-state index in [9.17, 15) is 8.42 Å². The first kappa shape index (κ1) is 23.2. The Labute approximate surface area is 183 Å². The summed E-state index contributed by atoms with van der Waals surface area (Å²) >= 11 is 0. The van der Waals surface area contributed by atoms with Crippen molar-refractivity contribution in [2.75, 3.05) is 51.8 Å². The zero-order valence-electron chi connectivity index (χ0n) is 18.2. The van der Waals surface area contributed by atoms with Crippen molar-refractivity contribution >= 4 is 21.8 Å². The molecule has 3 rings (SSSR count). The number of morpholine rings is 1. The van der Waals surface area contributed by atoms with Crippen LogP contribution in [-0.4, -0.2) is 69.6 Å². The van der Waals surface area contributed by atoms with Gasteiger partial charge in [0, 0.05) is 46.2 Å². The molecule has 11 heteroatoms. The fourth-order valence-electron chi connectivity index (χ4n) is 3.01. The summed E-state index contributed by atoms with van der Waals surface area (Å²) in [5, 5.41) is 8.60. The van der Waals surface area contributed by atoms with Crippen LogP contribution in [0, 0.1) is 6.92 Å². The van der Waals surface area contributed by atoms with E-state index in [1.54, 1.807) is 6.07 Å². The molecule has 2 heterocycles. The van der Waals surface area contributed by atoms with Crippen LogP contribution >= 0.6 is 0 Å². The Balaban J connectivity index is 1.75. The molecule has 1 aromatic carbocycles.